The maximum absolute atomic E-state index is 14.0. The lowest BCUT2D eigenvalue weighted by Crippen LogP contribution is -2.43. The van der Waals surface area contributed by atoms with Crippen LogP contribution < -0.4 is 20.1 Å². The number of thioether (sulfide) groups is 1. The van der Waals surface area contributed by atoms with Crippen molar-refractivity contribution in [1.29, 1.82) is 0 Å². The van der Waals surface area contributed by atoms with Crippen LogP contribution in [-0.4, -0.2) is 47.4 Å². The molecule has 0 bridgehead atoms. The van der Waals surface area contributed by atoms with E-state index in [-0.39, 0.29) is 35.2 Å². The molecule has 2 aromatic carbocycles. The number of carbonyl (C=O) groups excluding carboxylic acids is 2. The number of phenolic OH excluding ortho intramolecular Hbond substituents is 1. The van der Waals surface area contributed by atoms with Crippen LogP contribution in [0.15, 0.2) is 59.6 Å². The van der Waals surface area contributed by atoms with E-state index >= 15 is 0 Å². The molecule has 1 aliphatic rings. The van der Waals surface area contributed by atoms with Crippen molar-refractivity contribution in [3.63, 3.8) is 0 Å². The number of methoxy groups -OCH3 is 1. The van der Waals surface area contributed by atoms with E-state index in [0.717, 1.165) is 17.2 Å². The van der Waals surface area contributed by atoms with Crippen molar-refractivity contribution in [3.8, 4) is 23.1 Å². The highest BCUT2D eigenvalue weighted by molar-refractivity contribution is 7.98. The summed E-state index contributed by atoms with van der Waals surface area (Å²) in [5, 5.41) is 15.7. The molecule has 0 saturated heterocycles. The van der Waals surface area contributed by atoms with Crippen molar-refractivity contribution < 1.29 is 28.6 Å². The molecule has 3 aromatic rings. The lowest BCUT2D eigenvalue weighted by atomic mass is 9.90. The molecule has 1 fully saturated rings. The van der Waals surface area contributed by atoms with Crippen LogP contribution in [0, 0.1) is 5.82 Å². The van der Waals surface area contributed by atoms with Crippen molar-refractivity contribution in [2.45, 2.75) is 42.7 Å². The summed E-state index contributed by atoms with van der Waals surface area (Å²) in [6.45, 7) is 0. The quantitative estimate of drug-likeness (QED) is 0.358. The highest BCUT2D eigenvalue weighted by Gasteiger charge is 2.26. The minimum Gasteiger partial charge on any atom is -0.508 e. The fraction of sp³-hybridized carbons (Fsp3) is 0.296. The van der Waals surface area contributed by atoms with Gasteiger partial charge < -0.3 is 25.2 Å². The summed E-state index contributed by atoms with van der Waals surface area (Å²) in [4.78, 5) is 30.6. The van der Waals surface area contributed by atoms with Crippen molar-refractivity contribution in [1.82, 2.24) is 15.6 Å². The van der Waals surface area contributed by atoms with Crippen LogP contribution >= 0.6 is 11.8 Å². The van der Waals surface area contributed by atoms with Gasteiger partial charge in [0.25, 0.3) is 11.8 Å². The number of amides is 2. The lowest BCUT2D eigenvalue weighted by Gasteiger charge is -2.29. The molecule has 0 atom stereocenters. The zero-order valence-corrected chi connectivity index (χ0v) is 21.3. The summed E-state index contributed by atoms with van der Waals surface area (Å²) in [6.07, 6.45) is 5.53. The van der Waals surface area contributed by atoms with Crippen LogP contribution in [0.4, 0.5) is 4.39 Å². The Bertz CT molecular complexity index is 1280. The minimum atomic E-state index is -0.634. The van der Waals surface area contributed by atoms with E-state index in [1.807, 2.05) is 24.5 Å². The van der Waals surface area contributed by atoms with Crippen LogP contribution in [0.5, 0.6) is 23.1 Å². The van der Waals surface area contributed by atoms with Crippen molar-refractivity contribution in [3.05, 3.63) is 71.7 Å². The average Bonchev–Trinajstić information content (AvgIpc) is 2.90. The standard InChI is InChI=1S/C27H28FN3O5S/c1-35-22-11-16(10-20(32)13-22)25(33)30-18-6-8-19(9-7-18)31-26(34)24-12-17(28)15-29-27(24)36-21-4-3-5-23(14-21)37-2/h3-5,10-15,18-19,32H,6-9H2,1-2H3,(H,30,33)(H,31,34). The number of benzene rings is 2. The van der Waals surface area contributed by atoms with Crippen LogP contribution in [0.25, 0.3) is 0 Å². The zero-order chi connectivity index (χ0) is 26.4. The summed E-state index contributed by atoms with van der Waals surface area (Å²) in [7, 11) is 1.46. The molecule has 1 saturated carbocycles. The van der Waals surface area contributed by atoms with Gasteiger partial charge in [0.1, 0.15) is 28.6 Å². The van der Waals surface area contributed by atoms with Crippen LogP contribution in [0.3, 0.4) is 0 Å². The second kappa shape index (κ2) is 12.0. The fourth-order valence-corrected chi connectivity index (χ4v) is 4.64. The smallest absolute Gasteiger partial charge is 0.257 e. The predicted molar refractivity (Wildman–Crippen MR) is 138 cm³/mol. The Morgan fingerprint density at radius 2 is 1.70 bits per heavy atom. The molecule has 0 aliphatic heterocycles. The number of carbonyl (C=O) groups is 2. The van der Waals surface area contributed by atoms with Gasteiger partial charge in [-0.3, -0.25) is 9.59 Å². The van der Waals surface area contributed by atoms with Gasteiger partial charge in [-0.1, -0.05) is 6.07 Å². The van der Waals surface area contributed by atoms with Crippen molar-refractivity contribution in [2.24, 2.45) is 0 Å². The zero-order valence-electron chi connectivity index (χ0n) is 20.5. The first-order chi connectivity index (χ1) is 17.8. The van der Waals surface area contributed by atoms with Crippen LogP contribution in [-0.2, 0) is 0 Å². The van der Waals surface area contributed by atoms with Gasteiger partial charge in [-0.05, 0) is 68.3 Å². The Labute approximate surface area is 218 Å². The number of hydrogen-bond acceptors (Lipinski definition) is 7. The normalized spacial score (nSPS) is 17.1. The van der Waals surface area contributed by atoms with Gasteiger partial charge in [-0.25, -0.2) is 9.37 Å². The van der Waals surface area contributed by atoms with E-state index in [1.54, 1.807) is 23.9 Å². The third kappa shape index (κ3) is 6.91. The maximum Gasteiger partial charge on any atom is 0.257 e. The van der Waals surface area contributed by atoms with Crippen LogP contribution in [0.2, 0.25) is 0 Å². The number of pyridine rings is 1. The van der Waals surface area contributed by atoms with E-state index in [0.29, 0.717) is 42.7 Å². The summed E-state index contributed by atoms with van der Waals surface area (Å²) >= 11 is 1.55. The van der Waals surface area contributed by atoms with Gasteiger partial charge in [0.05, 0.1) is 13.3 Å². The number of phenols is 1. The number of halogens is 1. The second-order valence-corrected chi connectivity index (χ2v) is 9.58. The Hall–Kier alpha value is -3.79. The van der Waals surface area contributed by atoms with Gasteiger partial charge in [-0.15, -0.1) is 11.8 Å². The summed E-state index contributed by atoms with van der Waals surface area (Å²) in [5.74, 6) is -0.542. The SMILES string of the molecule is COc1cc(O)cc(C(=O)NC2CCC(NC(=O)c3cc(F)cnc3Oc3cccc(SC)c3)CC2)c1. The van der Waals surface area contributed by atoms with E-state index < -0.39 is 11.7 Å². The van der Waals surface area contributed by atoms with E-state index in [1.165, 1.54) is 19.2 Å². The van der Waals surface area contributed by atoms with Gasteiger partial charge in [0.15, 0.2) is 0 Å². The molecule has 1 aromatic heterocycles. The maximum atomic E-state index is 14.0. The molecule has 1 heterocycles. The molecular formula is C27H28FN3O5S. The average molecular weight is 526 g/mol. The predicted octanol–water partition coefficient (Wildman–Crippen LogP) is 4.92. The Balaban J connectivity index is 1.35. The van der Waals surface area contributed by atoms with E-state index in [9.17, 15) is 19.1 Å². The highest BCUT2D eigenvalue weighted by atomic mass is 32.2. The molecular weight excluding hydrogens is 497 g/mol. The monoisotopic (exact) mass is 525 g/mol. The topological polar surface area (TPSA) is 110 Å². The lowest BCUT2D eigenvalue weighted by molar-refractivity contribution is 0.0889. The van der Waals surface area contributed by atoms with Gasteiger partial charge in [-0.2, -0.15) is 0 Å². The molecule has 37 heavy (non-hydrogen) atoms. The first-order valence-corrected chi connectivity index (χ1v) is 13.0. The largest absolute Gasteiger partial charge is 0.508 e. The third-order valence-electron chi connectivity index (χ3n) is 6.10. The molecule has 8 nitrogen and oxygen atoms in total. The number of nitrogens with zero attached hydrogens (tertiary/aromatic N) is 1. The van der Waals surface area contributed by atoms with Crippen molar-refractivity contribution in [2.75, 3.05) is 13.4 Å². The molecule has 194 valence electrons. The molecule has 1 aliphatic carbocycles. The van der Waals surface area contributed by atoms with Gasteiger partial charge in [0.2, 0.25) is 5.88 Å². The van der Waals surface area contributed by atoms with Gasteiger partial charge >= 0.3 is 0 Å². The van der Waals surface area contributed by atoms with Crippen molar-refractivity contribution >= 4 is 23.6 Å². The van der Waals surface area contributed by atoms with E-state index in [4.69, 9.17) is 9.47 Å². The minimum absolute atomic E-state index is 0.0165. The van der Waals surface area contributed by atoms with Crippen LogP contribution in [0.1, 0.15) is 46.4 Å². The molecule has 4 rings (SSSR count). The molecule has 0 radical (unpaired) electrons. The summed E-state index contributed by atoms with van der Waals surface area (Å²) in [6, 6.07) is 12.6. The molecule has 10 heteroatoms. The first-order valence-electron chi connectivity index (χ1n) is 11.8. The number of aromatic nitrogens is 1. The van der Waals surface area contributed by atoms with Gasteiger partial charge in [0, 0.05) is 28.6 Å². The number of rotatable bonds is 8. The Morgan fingerprint density at radius 1 is 1.00 bits per heavy atom. The fourth-order valence-electron chi connectivity index (χ4n) is 4.19. The summed E-state index contributed by atoms with van der Waals surface area (Å²) < 4.78 is 24.9. The van der Waals surface area contributed by atoms with E-state index in [2.05, 4.69) is 15.6 Å². The number of hydrogen-bond donors (Lipinski definition) is 3. The second-order valence-electron chi connectivity index (χ2n) is 8.70. The molecule has 0 spiro atoms. The molecule has 3 N–H and O–H groups in total. The Kier molecular flexibility index (Phi) is 8.50. The highest BCUT2D eigenvalue weighted by Crippen LogP contribution is 2.28. The number of nitrogens with one attached hydrogen (secondary N) is 2. The first kappa shape index (κ1) is 26.3. The third-order valence-corrected chi connectivity index (χ3v) is 6.83. The number of ether oxygens (including phenoxy) is 2. The molecule has 0 unspecified atom stereocenters. The Morgan fingerprint density at radius 3 is 2.38 bits per heavy atom. The summed E-state index contributed by atoms with van der Waals surface area (Å²) in [5.41, 5.74) is 0.323. The molecule has 2 amide bonds. The number of aromatic hydroxyl groups is 1.